The lowest BCUT2D eigenvalue weighted by molar-refractivity contribution is -0.184. The molecule has 3 atom stereocenters. The van der Waals surface area contributed by atoms with Crippen LogP contribution in [0.5, 0.6) is 0 Å². The van der Waals surface area contributed by atoms with E-state index in [0.717, 1.165) is 0 Å². The van der Waals surface area contributed by atoms with Gasteiger partial charge in [-0.05, 0) is 12.8 Å². The van der Waals surface area contributed by atoms with Crippen molar-refractivity contribution in [2.75, 3.05) is 0 Å². The van der Waals surface area contributed by atoms with Crippen LogP contribution in [-0.4, -0.2) is 23.5 Å². The van der Waals surface area contributed by atoms with E-state index in [2.05, 4.69) is 5.32 Å². The lowest BCUT2D eigenvalue weighted by Crippen LogP contribution is -2.54. The number of carbonyl (C=O) groups is 1. The van der Waals surface area contributed by atoms with E-state index in [-0.39, 0.29) is 18.6 Å². The van der Waals surface area contributed by atoms with Crippen LogP contribution in [0, 0.1) is 11.3 Å². The summed E-state index contributed by atoms with van der Waals surface area (Å²) in [7, 11) is 0. The smallest absolute Gasteiger partial charge is 0.297 e. The van der Waals surface area contributed by atoms with Crippen LogP contribution in [0.15, 0.2) is 0 Å². The SMILES string of the molecule is CC(C)(C)C(=O)C1CCC(C(F)(F)F)C(Cl)N1. The van der Waals surface area contributed by atoms with Gasteiger partial charge in [-0.2, -0.15) is 13.2 Å². The number of hydrogen-bond acceptors (Lipinski definition) is 2. The number of carbonyl (C=O) groups excluding carboxylic acids is 1. The van der Waals surface area contributed by atoms with Crippen molar-refractivity contribution in [2.24, 2.45) is 11.3 Å². The molecular formula is C11H17ClF3NO. The molecule has 100 valence electrons. The molecule has 1 rings (SSSR count). The zero-order valence-electron chi connectivity index (χ0n) is 10.1. The Morgan fingerprint density at radius 3 is 2.12 bits per heavy atom. The highest BCUT2D eigenvalue weighted by Crippen LogP contribution is 2.37. The second-order valence-electron chi connectivity index (χ2n) is 5.46. The number of halogens is 4. The highest BCUT2D eigenvalue weighted by atomic mass is 35.5. The van der Waals surface area contributed by atoms with Gasteiger partial charge in [-0.15, -0.1) is 11.6 Å². The van der Waals surface area contributed by atoms with Crippen LogP contribution in [0.25, 0.3) is 0 Å². The molecule has 6 heteroatoms. The summed E-state index contributed by atoms with van der Waals surface area (Å²) in [6, 6.07) is -0.573. The lowest BCUT2D eigenvalue weighted by Gasteiger charge is -2.36. The number of piperidine rings is 1. The predicted molar refractivity (Wildman–Crippen MR) is 59.8 cm³/mol. The number of ketones is 1. The third-order valence-corrected chi connectivity index (χ3v) is 3.39. The zero-order chi connectivity index (χ0) is 13.4. The van der Waals surface area contributed by atoms with E-state index in [0.29, 0.717) is 0 Å². The molecule has 0 aliphatic carbocycles. The number of nitrogens with one attached hydrogen (secondary N) is 1. The third-order valence-electron chi connectivity index (χ3n) is 2.96. The molecule has 2 nitrogen and oxygen atoms in total. The molecular weight excluding hydrogens is 255 g/mol. The molecule has 1 fully saturated rings. The first kappa shape index (κ1) is 14.8. The van der Waals surface area contributed by atoms with Gasteiger partial charge in [0.2, 0.25) is 0 Å². The Balaban J connectivity index is 2.68. The monoisotopic (exact) mass is 271 g/mol. The van der Waals surface area contributed by atoms with Crippen LogP contribution in [0.4, 0.5) is 13.2 Å². The summed E-state index contributed by atoms with van der Waals surface area (Å²) in [5.74, 6) is -1.67. The second-order valence-corrected chi connectivity index (χ2v) is 5.93. The van der Waals surface area contributed by atoms with E-state index < -0.39 is 29.1 Å². The van der Waals surface area contributed by atoms with Gasteiger partial charge in [0, 0.05) is 5.41 Å². The fourth-order valence-electron chi connectivity index (χ4n) is 1.94. The Kier molecular flexibility index (Phi) is 4.14. The Morgan fingerprint density at radius 2 is 1.76 bits per heavy atom. The molecule has 1 N–H and O–H groups in total. The Hall–Kier alpha value is -0.290. The maximum atomic E-state index is 12.5. The predicted octanol–water partition coefficient (Wildman–Crippen LogP) is 3.10. The van der Waals surface area contributed by atoms with E-state index in [1.54, 1.807) is 20.8 Å². The normalized spacial score (nSPS) is 31.4. The standard InChI is InChI=1S/C11H17ClF3NO/c1-10(2,3)8(17)7-5-4-6(9(12)16-7)11(13,14)15/h6-7,9,16H,4-5H2,1-3H3. The fourth-order valence-corrected chi connectivity index (χ4v) is 2.36. The molecule has 1 aliphatic heterocycles. The first-order chi connectivity index (χ1) is 7.53. The maximum Gasteiger partial charge on any atom is 0.394 e. The van der Waals surface area contributed by atoms with Gasteiger partial charge in [-0.1, -0.05) is 20.8 Å². The van der Waals surface area contributed by atoms with Crippen LogP contribution in [0.1, 0.15) is 33.6 Å². The molecule has 0 aromatic rings. The van der Waals surface area contributed by atoms with E-state index in [9.17, 15) is 18.0 Å². The summed E-state index contributed by atoms with van der Waals surface area (Å²) in [5.41, 5.74) is -1.79. The minimum Gasteiger partial charge on any atom is -0.297 e. The molecule has 17 heavy (non-hydrogen) atoms. The average Bonchev–Trinajstić information content (AvgIpc) is 2.12. The summed E-state index contributed by atoms with van der Waals surface area (Å²) in [6.07, 6.45) is -4.23. The summed E-state index contributed by atoms with van der Waals surface area (Å²) in [4.78, 5) is 11.9. The highest BCUT2D eigenvalue weighted by Gasteiger charge is 2.48. The maximum absolute atomic E-state index is 12.5. The van der Waals surface area contributed by atoms with Crippen LogP contribution >= 0.6 is 11.6 Å². The van der Waals surface area contributed by atoms with Crippen molar-refractivity contribution >= 4 is 17.4 Å². The molecule has 1 aliphatic rings. The van der Waals surface area contributed by atoms with Crippen LogP contribution in [0.2, 0.25) is 0 Å². The third kappa shape index (κ3) is 3.58. The number of alkyl halides is 4. The van der Waals surface area contributed by atoms with Crippen molar-refractivity contribution in [1.82, 2.24) is 5.32 Å². The summed E-state index contributed by atoms with van der Waals surface area (Å²) >= 11 is 5.67. The molecule has 0 saturated carbocycles. The Labute approximate surface area is 104 Å². The highest BCUT2D eigenvalue weighted by molar-refractivity contribution is 6.20. The first-order valence-electron chi connectivity index (χ1n) is 5.54. The van der Waals surface area contributed by atoms with Crippen molar-refractivity contribution in [3.05, 3.63) is 0 Å². The lowest BCUT2D eigenvalue weighted by atomic mass is 9.82. The largest absolute Gasteiger partial charge is 0.394 e. The van der Waals surface area contributed by atoms with E-state index in [1.807, 2.05) is 0 Å². The molecule has 0 aromatic carbocycles. The van der Waals surface area contributed by atoms with Gasteiger partial charge in [-0.25, -0.2) is 0 Å². The minimum absolute atomic E-state index is 0.0937. The van der Waals surface area contributed by atoms with E-state index >= 15 is 0 Å². The van der Waals surface area contributed by atoms with Gasteiger partial charge in [0.1, 0.15) is 0 Å². The van der Waals surface area contributed by atoms with Crippen LogP contribution in [-0.2, 0) is 4.79 Å². The minimum atomic E-state index is -4.31. The van der Waals surface area contributed by atoms with Gasteiger partial charge >= 0.3 is 6.18 Å². The van der Waals surface area contributed by atoms with Crippen LogP contribution in [0.3, 0.4) is 0 Å². The van der Waals surface area contributed by atoms with Crippen molar-refractivity contribution in [3.8, 4) is 0 Å². The second kappa shape index (κ2) is 4.76. The van der Waals surface area contributed by atoms with E-state index in [1.165, 1.54) is 0 Å². The van der Waals surface area contributed by atoms with Crippen LogP contribution < -0.4 is 5.32 Å². The molecule has 0 bridgehead atoms. The van der Waals surface area contributed by atoms with Crippen molar-refractivity contribution < 1.29 is 18.0 Å². The molecule has 0 radical (unpaired) electrons. The molecule has 1 heterocycles. The molecule has 0 amide bonds. The molecule has 0 aromatic heterocycles. The zero-order valence-corrected chi connectivity index (χ0v) is 10.8. The quantitative estimate of drug-likeness (QED) is 0.586. The van der Waals surface area contributed by atoms with Crippen molar-refractivity contribution in [3.63, 3.8) is 0 Å². The van der Waals surface area contributed by atoms with Gasteiger partial charge in [0.05, 0.1) is 17.5 Å². The number of rotatable bonds is 1. The van der Waals surface area contributed by atoms with Gasteiger partial charge in [0.25, 0.3) is 0 Å². The molecule has 3 unspecified atom stereocenters. The molecule has 0 spiro atoms. The Bertz CT molecular complexity index is 298. The Morgan fingerprint density at radius 1 is 1.24 bits per heavy atom. The van der Waals surface area contributed by atoms with Crippen molar-refractivity contribution in [1.29, 1.82) is 0 Å². The number of Topliss-reactive ketones (excluding diaryl/α,β-unsaturated/α-hetero) is 1. The summed E-state index contributed by atoms with van der Waals surface area (Å²) in [6.45, 7) is 5.24. The topological polar surface area (TPSA) is 29.1 Å². The number of hydrogen-bond donors (Lipinski definition) is 1. The molecule has 1 saturated heterocycles. The van der Waals surface area contributed by atoms with Gasteiger partial charge in [0.15, 0.2) is 5.78 Å². The van der Waals surface area contributed by atoms with E-state index in [4.69, 9.17) is 11.6 Å². The van der Waals surface area contributed by atoms with Gasteiger partial charge in [-0.3, -0.25) is 10.1 Å². The average molecular weight is 272 g/mol. The summed E-state index contributed by atoms with van der Waals surface area (Å²) < 4.78 is 37.6. The summed E-state index contributed by atoms with van der Waals surface area (Å²) in [5, 5.41) is 2.58. The van der Waals surface area contributed by atoms with Crippen molar-refractivity contribution in [2.45, 2.75) is 51.3 Å². The fraction of sp³-hybridized carbons (Fsp3) is 0.909. The van der Waals surface area contributed by atoms with Gasteiger partial charge < -0.3 is 0 Å². The first-order valence-corrected chi connectivity index (χ1v) is 5.98.